The van der Waals surface area contributed by atoms with E-state index >= 15 is 0 Å². The first-order valence-electron chi connectivity index (χ1n) is 8.17. The van der Waals surface area contributed by atoms with Crippen LogP contribution in [0.1, 0.15) is 24.0 Å². The summed E-state index contributed by atoms with van der Waals surface area (Å²) in [4.78, 5) is 17.9. The summed E-state index contributed by atoms with van der Waals surface area (Å²) in [6.07, 6.45) is 4.03. The number of amides is 2. The molecule has 2 atom stereocenters. The van der Waals surface area contributed by atoms with Crippen LogP contribution in [0.25, 0.3) is 11.3 Å². The van der Waals surface area contributed by atoms with E-state index < -0.39 is 0 Å². The molecule has 118 valence electrons. The number of pyridine rings is 1. The van der Waals surface area contributed by atoms with E-state index in [1.165, 1.54) is 16.7 Å². The summed E-state index contributed by atoms with van der Waals surface area (Å²) in [5, 5.41) is 0. The minimum absolute atomic E-state index is 0.102. The number of primary amides is 1. The third kappa shape index (κ3) is 2.29. The van der Waals surface area contributed by atoms with Crippen molar-refractivity contribution < 1.29 is 4.79 Å². The lowest BCUT2D eigenvalue weighted by atomic mass is 9.86. The van der Waals surface area contributed by atoms with Gasteiger partial charge >= 0.3 is 6.03 Å². The molecule has 23 heavy (non-hydrogen) atoms. The fourth-order valence-corrected chi connectivity index (χ4v) is 4.05. The van der Waals surface area contributed by atoms with Crippen molar-refractivity contribution in [2.75, 3.05) is 13.1 Å². The molecule has 1 saturated heterocycles. The Morgan fingerprint density at radius 3 is 2.96 bits per heavy atom. The highest BCUT2D eigenvalue weighted by atomic mass is 16.2. The van der Waals surface area contributed by atoms with Gasteiger partial charge < -0.3 is 10.6 Å². The zero-order chi connectivity index (χ0) is 16.0. The lowest BCUT2D eigenvalue weighted by Gasteiger charge is -2.32. The van der Waals surface area contributed by atoms with Crippen LogP contribution in [-0.2, 0) is 5.41 Å². The molecular weight excluding hydrogens is 286 g/mol. The van der Waals surface area contributed by atoms with Crippen molar-refractivity contribution in [2.24, 2.45) is 11.7 Å². The number of aromatic nitrogens is 1. The number of carbonyl (C=O) groups is 1. The van der Waals surface area contributed by atoms with Gasteiger partial charge in [0.15, 0.2) is 0 Å². The van der Waals surface area contributed by atoms with Crippen molar-refractivity contribution in [3.63, 3.8) is 0 Å². The second-order valence-electron chi connectivity index (χ2n) is 6.85. The third-order valence-electron chi connectivity index (χ3n) is 5.52. The van der Waals surface area contributed by atoms with Crippen LogP contribution < -0.4 is 5.73 Å². The van der Waals surface area contributed by atoms with Crippen molar-refractivity contribution >= 4 is 6.03 Å². The summed E-state index contributed by atoms with van der Waals surface area (Å²) in [6, 6.07) is 12.4. The predicted octanol–water partition coefficient (Wildman–Crippen LogP) is 3.10. The predicted molar refractivity (Wildman–Crippen MR) is 90.0 cm³/mol. The number of hydrogen-bond donors (Lipinski definition) is 1. The van der Waals surface area contributed by atoms with Crippen molar-refractivity contribution in [1.29, 1.82) is 0 Å². The van der Waals surface area contributed by atoms with Crippen LogP contribution in [0.2, 0.25) is 0 Å². The Morgan fingerprint density at radius 1 is 1.35 bits per heavy atom. The molecule has 1 aromatic heterocycles. The number of rotatable bonds is 2. The van der Waals surface area contributed by atoms with Gasteiger partial charge in [-0.05, 0) is 55.0 Å². The molecule has 1 aliphatic carbocycles. The van der Waals surface area contributed by atoms with Crippen molar-refractivity contribution in [3.05, 3.63) is 53.7 Å². The molecule has 2 fully saturated rings. The van der Waals surface area contributed by atoms with Gasteiger partial charge in [-0.2, -0.15) is 0 Å². The minimum Gasteiger partial charge on any atom is -0.351 e. The zero-order valence-electron chi connectivity index (χ0n) is 13.3. The van der Waals surface area contributed by atoms with E-state index in [1.54, 1.807) is 4.90 Å². The van der Waals surface area contributed by atoms with E-state index in [1.807, 2.05) is 24.4 Å². The van der Waals surface area contributed by atoms with Crippen LogP contribution in [0.5, 0.6) is 0 Å². The molecule has 2 heterocycles. The first-order valence-corrected chi connectivity index (χ1v) is 8.17. The summed E-state index contributed by atoms with van der Waals surface area (Å²) in [7, 11) is 0. The van der Waals surface area contributed by atoms with Gasteiger partial charge in [0, 0.05) is 30.3 Å². The molecule has 2 N–H and O–H groups in total. The number of nitrogens with zero attached hydrogens (tertiary/aromatic N) is 2. The highest BCUT2D eigenvalue weighted by molar-refractivity contribution is 5.73. The molecule has 2 amide bonds. The number of nitrogens with two attached hydrogens (primary N) is 1. The standard InChI is InChI=1S/C19H21N3O/c1-13-5-6-14(10-16(13)17-4-2-3-8-21-17)19-11-15(19)7-9-22(12-19)18(20)23/h2-6,8,10,15H,7,9,11-12H2,1H3,(H2,20,23). The second-order valence-corrected chi connectivity index (χ2v) is 6.85. The molecule has 0 spiro atoms. The summed E-state index contributed by atoms with van der Waals surface area (Å²) < 4.78 is 0. The number of likely N-dealkylation sites (tertiary alicyclic amines) is 1. The van der Waals surface area contributed by atoms with E-state index in [-0.39, 0.29) is 11.4 Å². The van der Waals surface area contributed by atoms with E-state index in [4.69, 9.17) is 5.73 Å². The Balaban J connectivity index is 1.72. The van der Waals surface area contributed by atoms with Crippen LogP contribution in [0, 0.1) is 12.8 Å². The highest BCUT2D eigenvalue weighted by Crippen LogP contribution is 2.59. The molecule has 2 unspecified atom stereocenters. The summed E-state index contributed by atoms with van der Waals surface area (Å²) in [5.74, 6) is 0.678. The van der Waals surface area contributed by atoms with Gasteiger partial charge in [-0.1, -0.05) is 18.2 Å². The second kappa shape index (κ2) is 5.08. The average molecular weight is 307 g/mol. The molecule has 0 radical (unpaired) electrons. The van der Waals surface area contributed by atoms with E-state index in [2.05, 4.69) is 30.1 Å². The van der Waals surface area contributed by atoms with Gasteiger partial charge in [0.05, 0.1) is 5.69 Å². The number of hydrogen-bond acceptors (Lipinski definition) is 2. The molecular formula is C19H21N3O. The Hall–Kier alpha value is -2.36. The number of piperidine rings is 1. The minimum atomic E-state index is -0.299. The highest BCUT2D eigenvalue weighted by Gasteiger charge is 2.58. The van der Waals surface area contributed by atoms with Crippen LogP contribution in [0.15, 0.2) is 42.6 Å². The maximum atomic E-state index is 11.6. The lowest BCUT2D eigenvalue weighted by molar-refractivity contribution is 0.186. The third-order valence-corrected chi connectivity index (χ3v) is 5.52. The maximum Gasteiger partial charge on any atom is 0.314 e. The molecule has 2 aliphatic rings. The van der Waals surface area contributed by atoms with Crippen molar-refractivity contribution in [3.8, 4) is 11.3 Å². The number of aryl methyl sites for hydroxylation is 1. The fraction of sp³-hybridized carbons (Fsp3) is 0.368. The van der Waals surface area contributed by atoms with Crippen LogP contribution in [-0.4, -0.2) is 29.0 Å². The number of benzene rings is 1. The molecule has 1 aromatic carbocycles. The van der Waals surface area contributed by atoms with E-state index in [9.17, 15) is 4.79 Å². The Kier molecular flexibility index (Phi) is 3.15. The topological polar surface area (TPSA) is 59.2 Å². The normalized spacial score (nSPS) is 25.8. The number of fused-ring (bicyclic) bond motifs is 1. The maximum absolute atomic E-state index is 11.6. The van der Waals surface area contributed by atoms with Gasteiger partial charge in [0.25, 0.3) is 0 Å². The molecule has 0 bridgehead atoms. The SMILES string of the molecule is Cc1ccc(C23CC2CCN(C(N)=O)C3)cc1-c1ccccn1. The molecule has 1 aliphatic heterocycles. The van der Waals surface area contributed by atoms with Gasteiger partial charge in [-0.15, -0.1) is 0 Å². The molecule has 4 heteroatoms. The van der Waals surface area contributed by atoms with Gasteiger partial charge in [-0.3, -0.25) is 4.98 Å². The average Bonchev–Trinajstić information content (AvgIpc) is 3.31. The Labute approximate surface area is 136 Å². The van der Waals surface area contributed by atoms with Crippen molar-refractivity contribution in [2.45, 2.75) is 25.2 Å². The summed E-state index contributed by atoms with van der Waals surface area (Å²) in [5.41, 5.74) is 10.3. The smallest absolute Gasteiger partial charge is 0.314 e. The monoisotopic (exact) mass is 307 g/mol. The van der Waals surface area contributed by atoms with E-state index in [0.29, 0.717) is 5.92 Å². The molecule has 4 nitrogen and oxygen atoms in total. The van der Waals surface area contributed by atoms with Crippen LogP contribution in [0.3, 0.4) is 0 Å². The Morgan fingerprint density at radius 2 is 2.22 bits per heavy atom. The quantitative estimate of drug-likeness (QED) is 0.927. The number of urea groups is 1. The molecule has 2 aromatic rings. The summed E-state index contributed by atoms with van der Waals surface area (Å²) >= 11 is 0. The fourth-order valence-electron chi connectivity index (χ4n) is 4.05. The van der Waals surface area contributed by atoms with Gasteiger partial charge in [-0.25, -0.2) is 4.79 Å². The Bertz CT molecular complexity index is 758. The first kappa shape index (κ1) is 14.2. The largest absolute Gasteiger partial charge is 0.351 e. The van der Waals surface area contributed by atoms with Crippen molar-refractivity contribution in [1.82, 2.24) is 9.88 Å². The zero-order valence-corrected chi connectivity index (χ0v) is 13.3. The summed E-state index contributed by atoms with van der Waals surface area (Å²) in [6.45, 7) is 3.66. The number of carbonyl (C=O) groups excluding carboxylic acids is 1. The van der Waals surface area contributed by atoms with Crippen LogP contribution >= 0.6 is 0 Å². The first-order chi connectivity index (χ1) is 11.1. The molecule has 1 saturated carbocycles. The van der Waals surface area contributed by atoms with Gasteiger partial charge in [0.2, 0.25) is 0 Å². The molecule has 4 rings (SSSR count). The van der Waals surface area contributed by atoms with Crippen LogP contribution in [0.4, 0.5) is 4.79 Å². The lowest BCUT2D eigenvalue weighted by Crippen LogP contribution is -2.45. The van der Waals surface area contributed by atoms with Gasteiger partial charge in [0.1, 0.15) is 0 Å². The van der Waals surface area contributed by atoms with E-state index in [0.717, 1.165) is 31.6 Å².